The molecule has 0 spiro atoms. The van der Waals surface area contributed by atoms with Gasteiger partial charge in [0.25, 0.3) is 0 Å². The van der Waals surface area contributed by atoms with Crippen molar-refractivity contribution in [3.05, 3.63) is 66.1 Å². The molecule has 0 N–H and O–H groups in total. The minimum absolute atomic E-state index is 0.248. The molecule has 3 nitrogen and oxygen atoms in total. The first-order chi connectivity index (χ1) is 11.5. The van der Waals surface area contributed by atoms with Crippen LogP contribution in [0.5, 0.6) is 0 Å². The third-order valence-corrected chi connectivity index (χ3v) is 4.13. The highest BCUT2D eigenvalue weighted by molar-refractivity contribution is 7.99. The zero-order valence-corrected chi connectivity index (χ0v) is 12.9. The number of hydrogen-bond acceptors (Lipinski definition) is 4. The largest absolute Gasteiger partial charge is 0.453 e. The van der Waals surface area contributed by atoms with Gasteiger partial charge in [-0.25, -0.2) is 4.98 Å². The van der Waals surface area contributed by atoms with Crippen LogP contribution in [-0.2, 0) is 6.18 Å². The molecule has 0 unspecified atom stereocenters. The number of nitrogens with zero attached hydrogens (tertiary/aromatic N) is 1. The van der Waals surface area contributed by atoms with Crippen molar-refractivity contribution in [1.29, 1.82) is 0 Å². The van der Waals surface area contributed by atoms with Crippen LogP contribution in [0.1, 0.15) is 16.1 Å². The topological polar surface area (TPSA) is 43.1 Å². The zero-order chi connectivity index (χ0) is 17.2. The molecule has 0 aliphatic carbocycles. The number of benzene rings is 1. The van der Waals surface area contributed by atoms with E-state index in [2.05, 4.69) is 4.98 Å². The molecular weight excluding hydrogens is 339 g/mol. The molecule has 0 saturated carbocycles. The summed E-state index contributed by atoms with van der Waals surface area (Å²) in [5.41, 5.74) is 0.0267. The predicted molar refractivity (Wildman–Crippen MR) is 82.9 cm³/mol. The van der Waals surface area contributed by atoms with Gasteiger partial charge in [-0.3, -0.25) is 4.79 Å². The number of furan rings is 1. The van der Waals surface area contributed by atoms with Gasteiger partial charge in [-0.1, -0.05) is 23.9 Å². The maximum atomic E-state index is 12.5. The smallest absolute Gasteiger partial charge is 0.417 e. The summed E-state index contributed by atoms with van der Waals surface area (Å²) in [5.74, 6) is 0.818. The van der Waals surface area contributed by atoms with Crippen LogP contribution in [0.15, 0.2) is 69.1 Å². The molecule has 24 heavy (non-hydrogen) atoms. The maximum Gasteiger partial charge on any atom is 0.417 e. The van der Waals surface area contributed by atoms with Gasteiger partial charge in [0, 0.05) is 16.7 Å². The Morgan fingerprint density at radius 3 is 2.29 bits per heavy atom. The molecule has 0 amide bonds. The van der Waals surface area contributed by atoms with Crippen molar-refractivity contribution in [3.8, 4) is 11.3 Å². The fourth-order valence-corrected chi connectivity index (χ4v) is 2.74. The first-order valence-corrected chi connectivity index (χ1v) is 7.64. The number of hydrogen-bond donors (Lipinski definition) is 0. The lowest BCUT2D eigenvalue weighted by atomic mass is 10.2. The molecule has 2 aromatic heterocycles. The summed E-state index contributed by atoms with van der Waals surface area (Å²) in [4.78, 5) is 15.3. The number of alkyl halides is 3. The van der Waals surface area contributed by atoms with E-state index in [1.807, 2.05) is 12.1 Å². The maximum absolute atomic E-state index is 12.5. The van der Waals surface area contributed by atoms with Crippen molar-refractivity contribution >= 4 is 18.0 Å². The van der Waals surface area contributed by atoms with Crippen LogP contribution >= 0.6 is 11.8 Å². The van der Waals surface area contributed by atoms with E-state index in [-0.39, 0.29) is 5.76 Å². The second kappa shape index (κ2) is 6.52. The van der Waals surface area contributed by atoms with Crippen LogP contribution in [0.3, 0.4) is 0 Å². The SMILES string of the molecule is O=Cc1ccc(-c2ccc(Sc3ccc(C(F)(F)F)cn3)cc2)o1. The molecule has 0 radical (unpaired) electrons. The van der Waals surface area contributed by atoms with E-state index in [1.54, 1.807) is 24.3 Å². The van der Waals surface area contributed by atoms with E-state index in [1.165, 1.54) is 17.8 Å². The molecule has 122 valence electrons. The van der Waals surface area contributed by atoms with Crippen molar-refractivity contribution in [1.82, 2.24) is 4.98 Å². The number of pyridine rings is 1. The molecule has 7 heteroatoms. The molecule has 0 aliphatic rings. The van der Waals surface area contributed by atoms with Gasteiger partial charge in [0.1, 0.15) is 10.8 Å². The normalized spacial score (nSPS) is 11.5. The van der Waals surface area contributed by atoms with Gasteiger partial charge in [-0.05, 0) is 36.4 Å². The van der Waals surface area contributed by atoms with Crippen molar-refractivity contribution in [2.24, 2.45) is 0 Å². The van der Waals surface area contributed by atoms with E-state index in [0.717, 1.165) is 22.7 Å². The Labute approximate surface area is 139 Å². The summed E-state index contributed by atoms with van der Waals surface area (Å²) in [6, 6.07) is 12.8. The summed E-state index contributed by atoms with van der Waals surface area (Å²) in [6.45, 7) is 0. The van der Waals surface area contributed by atoms with Crippen LogP contribution < -0.4 is 0 Å². The minimum atomic E-state index is -4.39. The van der Waals surface area contributed by atoms with E-state index < -0.39 is 11.7 Å². The highest BCUT2D eigenvalue weighted by atomic mass is 32.2. The van der Waals surface area contributed by atoms with E-state index in [0.29, 0.717) is 17.1 Å². The van der Waals surface area contributed by atoms with Gasteiger partial charge < -0.3 is 4.42 Å². The Hall–Kier alpha value is -2.54. The first kappa shape index (κ1) is 16.3. The van der Waals surface area contributed by atoms with Crippen molar-refractivity contribution in [2.45, 2.75) is 16.1 Å². The highest BCUT2D eigenvalue weighted by Gasteiger charge is 2.30. The summed E-state index contributed by atoms with van der Waals surface area (Å²) in [6.07, 6.45) is -2.94. The van der Waals surface area contributed by atoms with Crippen LogP contribution in [0.2, 0.25) is 0 Å². The van der Waals surface area contributed by atoms with Gasteiger partial charge >= 0.3 is 6.18 Å². The Kier molecular flexibility index (Phi) is 4.44. The number of rotatable bonds is 4. The van der Waals surface area contributed by atoms with Crippen LogP contribution in [0, 0.1) is 0 Å². The standard InChI is InChI=1S/C17H10F3NO2S/c18-17(19,20)12-3-8-16(21-9-12)24-14-5-1-11(2-6-14)15-7-4-13(10-22)23-15/h1-10H. The molecular formula is C17H10F3NO2S. The molecule has 0 bridgehead atoms. The van der Waals surface area contributed by atoms with Crippen molar-refractivity contribution in [2.75, 3.05) is 0 Å². The lowest BCUT2D eigenvalue weighted by molar-refractivity contribution is -0.137. The molecule has 0 aliphatic heterocycles. The van der Waals surface area contributed by atoms with Gasteiger partial charge in [0.2, 0.25) is 0 Å². The zero-order valence-electron chi connectivity index (χ0n) is 12.1. The van der Waals surface area contributed by atoms with E-state index in [4.69, 9.17) is 4.42 Å². The molecule has 0 fully saturated rings. The highest BCUT2D eigenvalue weighted by Crippen LogP contribution is 2.32. The molecule has 0 saturated heterocycles. The second-order valence-electron chi connectivity index (χ2n) is 4.83. The number of carbonyl (C=O) groups excluding carboxylic acids is 1. The summed E-state index contributed by atoms with van der Waals surface area (Å²) in [5, 5.41) is 0.469. The number of aldehydes is 1. The van der Waals surface area contributed by atoms with Gasteiger partial charge in [-0.2, -0.15) is 13.2 Å². The fourth-order valence-electron chi connectivity index (χ4n) is 1.99. The van der Waals surface area contributed by atoms with Crippen LogP contribution in [0.25, 0.3) is 11.3 Å². The average Bonchev–Trinajstić information content (AvgIpc) is 3.04. The minimum Gasteiger partial charge on any atom is -0.453 e. The lowest BCUT2D eigenvalue weighted by Crippen LogP contribution is -2.04. The summed E-state index contributed by atoms with van der Waals surface area (Å²) < 4.78 is 42.8. The molecule has 3 aromatic rings. The van der Waals surface area contributed by atoms with Crippen LogP contribution in [-0.4, -0.2) is 11.3 Å². The molecule has 3 rings (SSSR count). The summed E-state index contributed by atoms with van der Waals surface area (Å²) >= 11 is 1.26. The quantitative estimate of drug-likeness (QED) is 0.598. The number of aromatic nitrogens is 1. The lowest BCUT2D eigenvalue weighted by Gasteiger charge is -2.07. The van der Waals surface area contributed by atoms with Gasteiger partial charge in [0.05, 0.1) is 5.56 Å². The van der Waals surface area contributed by atoms with Crippen molar-refractivity contribution in [3.63, 3.8) is 0 Å². The second-order valence-corrected chi connectivity index (χ2v) is 5.92. The first-order valence-electron chi connectivity index (χ1n) is 6.82. The Balaban J connectivity index is 1.73. The molecule has 2 heterocycles. The predicted octanol–water partition coefficient (Wildman–Crippen LogP) is 5.32. The fraction of sp³-hybridized carbons (Fsp3) is 0.0588. The number of carbonyl (C=O) groups is 1. The molecule has 0 atom stereocenters. The molecule has 1 aromatic carbocycles. The Morgan fingerprint density at radius 2 is 1.75 bits per heavy atom. The van der Waals surface area contributed by atoms with E-state index in [9.17, 15) is 18.0 Å². The van der Waals surface area contributed by atoms with E-state index >= 15 is 0 Å². The third-order valence-electron chi connectivity index (χ3n) is 3.17. The Bertz CT molecular complexity index is 840. The monoisotopic (exact) mass is 349 g/mol. The van der Waals surface area contributed by atoms with Crippen molar-refractivity contribution < 1.29 is 22.4 Å². The summed E-state index contributed by atoms with van der Waals surface area (Å²) in [7, 11) is 0. The van der Waals surface area contributed by atoms with Crippen LogP contribution in [0.4, 0.5) is 13.2 Å². The average molecular weight is 349 g/mol. The van der Waals surface area contributed by atoms with Gasteiger partial charge in [-0.15, -0.1) is 0 Å². The third kappa shape index (κ3) is 3.68. The Morgan fingerprint density at radius 1 is 1.00 bits per heavy atom. The number of halogens is 3. The van der Waals surface area contributed by atoms with Gasteiger partial charge in [0.15, 0.2) is 12.0 Å².